The summed E-state index contributed by atoms with van der Waals surface area (Å²) in [5.41, 5.74) is 10.3. The smallest absolute Gasteiger partial charge is 0.240 e. The molecule has 0 spiro atoms. The summed E-state index contributed by atoms with van der Waals surface area (Å²) >= 11 is 0. The predicted octanol–water partition coefficient (Wildman–Crippen LogP) is 10.0. The molecular formula is C42H29N5. The minimum atomic E-state index is -0.135. The molecule has 1 aliphatic rings. The summed E-state index contributed by atoms with van der Waals surface area (Å²) in [5, 5.41) is 4.69. The number of fused-ring (bicyclic) bond motifs is 10. The van der Waals surface area contributed by atoms with Gasteiger partial charge in [-0.2, -0.15) is 15.0 Å². The maximum absolute atomic E-state index is 5.37. The fourth-order valence-corrected chi connectivity index (χ4v) is 7.86. The normalized spacial score (nSPS) is 13.5. The number of rotatable bonds is 3. The van der Waals surface area contributed by atoms with Crippen LogP contribution in [0.1, 0.15) is 25.0 Å². The van der Waals surface area contributed by atoms with Crippen LogP contribution < -0.4 is 0 Å². The highest BCUT2D eigenvalue weighted by Crippen LogP contribution is 2.52. The van der Waals surface area contributed by atoms with Crippen LogP contribution in [-0.4, -0.2) is 24.1 Å². The van der Waals surface area contributed by atoms with Crippen molar-refractivity contribution in [2.24, 2.45) is 0 Å². The summed E-state index contributed by atoms with van der Waals surface area (Å²) in [6.45, 7) is 4.65. The molecule has 0 amide bonds. The van der Waals surface area contributed by atoms with Gasteiger partial charge in [0.15, 0.2) is 5.82 Å². The van der Waals surface area contributed by atoms with E-state index in [0.29, 0.717) is 17.7 Å². The quantitative estimate of drug-likeness (QED) is 0.202. The second kappa shape index (κ2) is 9.47. The standard InChI is InChI=1S/C42H29N5/c1-42(2)32-20-10-6-19-31(32)37-33(42)25-24-30-29-18-9-13-23-36(29)47(38(30)37)41-44-39(26-14-4-3-5-15-26)43-40(45-41)46-34-21-11-7-16-27(34)28-17-8-12-22-35(28)46/h3-25H,1-2H3. The van der Waals surface area contributed by atoms with Crippen molar-refractivity contribution < 1.29 is 0 Å². The topological polar surface area (TPSA) is 48.5 Å². The van der Waals surface area contributed by atoms with Crippen molar-refractivity contribution in [3.63, 3.8) is 0 Å². The van der Waals surface area contributed by atoms with Gasteiger partial charge in [-0.05, 0) is 34.9 Å². The first-order valence-electron chi connectivity index (χ1n) is 16.1. The van der Waals surface area contributed by atoms with E-state index in [2.05, 4.69) is 144 Å². The molecule has 6 aromatic carbocycles. The first kappa shape index (κ1) is 26.2. The average Bonchev–Trinajstić information content (AvgIpc) is 3.72. The minimum Gasteiger partial charge on any atom is -0.278 e. The Morgan fingerprint density at radius 3 is 1.66 bits per heavy atom. The molecule has 0 saturated carbocycles. The molecule has 0 unspecified atom stereocenters. The summed E-state index contributed by atoms with van der Waals surface area (Å²) in [6, 6.07) is 49.2. The first-order valence-corrected chi connectivity index (χ1v) is 16.1. The van der Waals surface area contributed by atoms with Gasteiger partial charge in [-0.25, -0.2) is 0 Å². The molecule has 0 aliphatic heterocycles. The fourth-order valence-electron chi connectivity index (χ4n) is 7.86. The third-order valence-corrected chi connectivity index (χ3v) is 10.0. The number of para-hydroxylation sites is 3. The van der Waals surface area contributed by atoms with E-state index < -0.39 is 0 Å². The molecule has 5 nitrogen and oxygen atoms in total. The second-order valence-electron chi connectivity index (χ2n) is 12.9. The summed E-state index contributed by atoms with van der Waals surface area (Å²) < 4.78 is 4.45. The zero-order valence-corrected chi connectivity index (χ0v) is 26.0. The molecule has 10 rings (SSSR count). The largest absolute Gasteiger partial charge is 0.278 e. The maximum Gasteiger partial charge on any atom is 0.240 e. The van der Waals surface area contributed by atoms with Crippen LogP contribution in [0.25, 0.3) is 78.0 Å². The monoisotopic (exact) mass is 603 g/mol. The summed E-state index contributed by atoms with van der Waals surface area (Å²) in [7, 11) is 0. The Balaban J connectivity index is 1.37. The van der Waals surface area contributed by atoms with E-state index in [-0.39, 0.29) is 5.41 Å². The highest BCUT2D eigenvalue weighted by Gasteiger charge is 2.37. The van der Waals surface area contributed by atoms with E-state index in [1.807, 2.05) is 18.2 Å². The molecule has 0 fully saturated rings. The second-order valence-corrected chi connectivity index (χ2v) is 12.9. The first-order chi connectivity index (χ1) is 23.1. The Kier molecular flexibility index (Phi) is 5.28. The van der Waals surface area contributed by atoms with Crippen molar-refractivity contribution >= 4 is 43.6 Å². The number of benzene rings is 6. The third kappa shape index (κ3) is 3.57. The minimum absolute atomic E-state index is 0.135. The Bertz CT molecular complexity index is 2660. The highest BCUT2D eigenvalue weighted by atomic mass is 15.3. The van der Waals surface area contributed by atoms with Crippen molar-refractivity contribution in [2.75, 3.05) is 0 Å². The van der Waals surface area contributed by atoms with E-state index in [4.69, 9.17) is 15.0 Å². The Labute approximate surface area is 271 Å². The molecule has 9 aromatic rings. The van der Waals surface area contributed by atoms with Gasteiger partial charge in [0.2, 0.25) is 11.9 Å². The van der Waals surface area contributed by atoms with Crippen molar-refractivity contribution in [1.29, 1.82) is 0 Å². The van der Waals surface area contributed by atoms with Gasteiger partial charge in [0.05, 0.1) is 22.1 Å². The van der Waals surface area contributed by atoms with Crippen LogP contribution in [0.3, 0.4) is 0 Å². The molecule has 222 valence electrons. The van der Waals surface area contributed by atoms with Crippen LogP contribution in [0.4, 0.5) is 0 Å². The van der Waals surface area contributed by atoms with Crippen molar-refractivity contribution in [2.45, 2.75) is 19.3 Å². The van der Waals surface area contributed by atoms with Gasteiger partial charge in [0, 0.05) is 38.1 Å². The zero-order valence-electron chi connectivity index (χ0n) is 26.0. The van der Waals surface area contributed by atoms with Gasteiger partial charge in [-0.3, -0.25) is 9.13 Å². The predicted molar refractivity (Wildman–Crippen MR) is 192 cm³/mol. The summed E-state index contributed by atoms with van der Waals surface area (Å²) in [6.07, 6.45) is 0. The number of hydrogen-bond acceptors (Lipinski definition) is 3. The molecular weight excluding hydrogens is 574 g/mol. The van der Waals surface area contributed by atoms with Crippen LogP contribution in [0.5, 0.6) is 0 Å². The number of aromatic nitrogens is 5. The third-order valence-electron chi connectivity index (χ3n) is 10.0. The fraction of sp³-hybridized carbons (Fsp3) is 0.0714. The van der Waals surface area contributed by atoms with Gasteiger partial charge in [0.1, 0.15) is 0 Å². The molecule has 0 bridgehead atoms. The molecule has 0 N–H and O–H groups in total. The van der Waals surface area contributed by atoms with Gasteiger partial charge >= 0.3 is 0 Å². The summed E-state index contributed by atoms with van der Waals surface area (Å²) in [4.78, 5) is 15.8. The van der Waals surface area contributed by atoms with E-state index in [0.717, 1.165) is 27.6 Å². The number of nitrogens with zero attached hydrogens (tertiary/aromatic N) is 5. The SMILES string of the molecule is CC1(C)c2ccccc2-c2c1ccc1c3ccccc3n(-c3nc(-c4ccccc4)nc(-n4c5ccccc5c5ccccc54)n3)c21. The Morgan fingerprint density at radius 1 is 0.447 bits per heavy atom. The van der Waals surface area contributed by atoms with Crippen LogP contribution in [0.15, 0.2) is 140 Å². The van der Waals surface area contributed by atoms with Crippen LogP contribution >= 0.6 is 0 Å². The average molecular weight is 604 g/mol. The van der Waals surface area contributed by atoms with Gasteiger partial charge in [-0.15, -0.1) is 0 Å². The Morgan fingerprint density at radius 2 is 0.979 bits per heavy atom. The molecule has 0 atom stereocenters. The Hall–Kier alpha value is -6.07. The lowest BCUT2D eigenvalue weighted by atomic mass is 9.82. The van der Waals surface area contributed by atoms with Crippen molar-refractivity contribution in [1.82, 2.24) is 24.1 Å². The molecule has 47 heavy (non-hydrogen) atoms. The zero-order chi connectivity index (χ0) is 31.3. The molecule has 0 radical (unpaired) electrons. The molecule has 0 saturated heterocycles. The lowest BCUT2D eigenvalue weighted by molar-refractivity contribution is 0.660. The lowest BCUT2D eigenvalue weighted by Crippen LogP contribution is -2.15. The molecule has 5 heteroatoms. The van der Waals surface area contributed by atoms with E-state index >= 15 is 0 Å². The van der Waals surface area contributed by atoms with Crippen molar-refractivity contribution in [3.8, 4) is 34.4 Å². The van der Waals surface area contributed by atoms with E-state index in [9.17, 15) is 0 Å². The maximum atomic E-state index is 5.37. The summed E-state index contributed by atoms with van der Waals surface area (Å²) in [5.74, 6) is 1.81. The van der Waals surface area contributed by atoms with Gasteiger partial charge in [-0.1, -0.05) is 135 Å². The van der Waals surface area contributed by atoms with E-state index in [1.54, 1.807) is 0 Å². The van der Waals surface area contributed by atoms with Crippen LogP contribution in [-0.2, 0) is 5.41 Å². The van der Waals surface area contributed by atoms with Crippen LogP contribution in [0.2, 0.25) is 0 Å². The number of hydrogen-bond donors (Lipinski definition) is 0. The highest BCUT2D eigenvalue weighted by molar-refractivity contribution is 6.15. The van der Waals surface area contributed by atoms with Crippen LogP contribution in [0, 0.1) is 0 Å². The molecule has 3 heterocycles. The lowest BCUT2D eigenvalue weighted by Gasteiger charge is -2.21. The molecule has 1 aliphatic carbocycles. The van der Waals surface area contributed by atoms with Gasteiger partial charge in [0.25, 0.3) is 0 Å². The van der Waals surface area contributed by atoms with Gasteiger partial charge < -0.3 is 0 Å². The van der Waals surface area contributed by atoms with E-state index in [1.165, 1.54) is 43.8 Å². The molecule has 3 aromatic heterocycles. The van der Waals surface area contributed by atoms with Crippen molar-refractivity contribution in [3.05, 3.63) is 151 Å².